The number of halogens is 3. The van der Waals surface area contributed by atoms with E-state index in [9.17, 15) is 18.0 Å². The zero-order valence-electron chi connectivity index (χ0n) is 9.46. The lowest BCUT2D eigenvalue weighted by Gasteiger charge is -2.01. The molecule has 0 spiro atoms. The summed E-state index contributed by atoms with van der Waals surface area (Å²) in [5.74, 6) is -3.85. The van der Waals surface area contributed by atoms with Gasteiger partial charge < -0.3 is 4.74 Å². The molecular weight excluding hydrogens is 245 g/mol. The van der Waals surface area contributed by atoms with Crippen LogP contribution in [0.5, 0.6) is 0 Å². The van der Waals surface area contributed by atoms with E-state index in [-0.39, 0.29) is 18.6 Å². The van der Waals surface area contributed by atoms with Crippen LogP contribution in [0, 0.1) is 17.5 Å². The van der Waals surface area contributed by atoms with Gasteiger partial charge in [0.15, 0.2) is 11.6 Å². The Labute approximate surface area is 102 Å². The summed E-state index contributed by atoms with van der Waals surface area (Å²) >= 11 is 0. The van der Waals surface area contributed by atoms with Crippen molar-refractivity contribution >= 4 is 5.97 Å². The minimum absolute atomic E-state index is 0.0355. The lowest BCUT2D eigenvalue weighted by molar-refractivity contribution is -0.136. The van der Waals surface area contributed by atoms with Crippen molar-refractivity contribution in [3.05, 3.63) is 60.0 Å². The summed E-state index contributed by atoms with van der Waals surface area (Å²) in [6.45, 7) is 3.43. The maximum Gasteiger partial charge on any atom is 0.330 e. The number of rotatable bonds is 5. The van der Waals surface area contributed by atoms with Crippen LogP contribution in [0.25, 0.3) is 0 Å². The molecule has 0 heterocycles. The number of allylic oxidation sites excluding steroid dienone is 1. The van der Waals surface area contributed by atoms with Gasteiger partial charge in [-0.15, -0.1) is 0 Å². The second-order valence-electron chi connectivity index (χ2n) is 3.38. The third-order valence-corrected chi connectivity index (χ3v) is 2.02. The van der Waals surface area contributed by atoms with E-state index < -0.39 is 23.4 Å². The number of carbonyl (C=O) groups excluding carboxylic acids is 1. The molecule has 0 aliphatic heterocycles. The van der Waals surface area contributed by atoms with Gasteiger partial charge in [0.05, 0.1) is 0 Å². The topological polar surface area (TPSA) is 26.3 Å². The smallest absolute Gasteiger partial charge is 0.330 e. The molecule has 96 valence electrons. The van der Waals surface area contributed by atoms with Crippen LogP contribution in [0.1, 0.15) is 5.56 Å². The highest BCUT2D eigenvalue weighted by Gasteiger charge is 2.08. The lowest BCUT2D eigenvalue weighted by atomic mass is 10.1. The number of hydrogen-bond donors (Lipinski definition) is 0. The van der Waals surface area contributed by atoms with Crippen molar-refractivity contribution in [1.29, 1.82) is 0 Å². The maximum atomic E-state index is 13.2. The molecule has 1 rings (SSSR count). The SMILES string of the molecule is C=CCOC(=O)C=CCc1cc(F)c(F)cc1F. The fourth-order valence-electron chi connectivity index (χ4n) is 1.19. The molecule has 0 saturated heterocycles. The van der Waals surface area contributed by atoms with Gasteiger partial charge in [0.2, 0.25) is 0 Å². The van der Waals surface area contributed by atoms with Crippen LogP contribution in [0.3, 0.4) is 0 Å². The average Bonchev–Trinajstić information content (AvgIpc) is 2.33. The largest absolute Gasteiger partial charge is 0.458 e. The van der Waals surface area contributed by atoms with Crippen LogP contribution in [0.2, 0.25) is 0 Å². The first-order chi connectivity index (χ1) is 8.54. The van der Waals surface area contributed by atoms with E-state index in [1.807, 2.05) is 0 Å². The van der Waals surface area contributed by atoms with Crippen molar-refractivity contribution in [2.75, 3.05) is 6.61 Å². The highest BCUT2D eigenvalue weighted by Crippen LogP contribution is 2.14. The molecule has 0 saturated carbocycles. The van der Waals surface area contributed by atoms with Gasteiger partial charge in [-0.1, -0.05) is 18.7 Å². The Kier molecular flexibility index (Phi) is 5.17. The third kappa shape index (κ3) is 4.08. The number of ether oxygens (including phenoxy) is 1. The van der Waals surface area contributed by atoms with E-state index in [0.29, 0.717) is 6.07 Å². The molecule has 0 atom stereocenters. The molecular formula is C13H11F3O2. The number of carbonyl (C=O) groups is 1. The Morgan fingerprint density at radius 3 is 2.56 bits per heavy atom. The summed E-state index contributed by atoms with van der Waals surface area (Å²) in [7, 11) is 0. The molecule has 0 unspecified atom stereocenters. The van der Waals surface area contributed by atoms with Crippen LogP contribution < -0.4 is 0 Å². The minimum atomic E-state index is -1.24. The van der Waals surface area contributed by atoms with Crippen LogP contribution in [-0.2, 0) is 16.0 Å². The molecule has 0 amide bonds. The second-order valence-corrected chi connectivity index (χ2v) is 3.38. The molecule has 0 aliphatic carbocycles. The Morgan fingerprint density at radius 1 is 1.22 bits per heavy atom. The maximum absolute atomic E-state index is 13.2. The Bertz CT molecular complexity index is 481. The molecule has 1 aromatic rings. The summed E-state index contributed by atoms with van der Waals surface area (Å²) in [6.07, 6.45) is 3.76. The van der Waals surface area contributed by atoms with Crippen molar-refractivity contribution in [1.82, 2.24) is 0 Å². The highest BCUT2D eigenvalue weighted by molar-refractivity contribution is 5.81. The summed E-state index contributed by atoms with van der Waals surface area (Å²) in [5.41, 5.74) is -0.0401. The Balaban J connectivity index is 2.63. The Hall–Kier alpha value is -2.04. The molecule has 0 radical (unpaired) electrons. The van der Waals surface area contributed by atoms with Gasteiger partial charge in [-0.2, -0.15) is 0 Å². The van der Waals surface area contributed by atoms with Gasteiger partial charge in [0, 0.05) is 12.1 Å². The standard InChI is InChI=1S/C13H11F3O2/c1-2-6-18-13(17)5-3-4-9-7-11(15)12(16)8-10(9)14/h2-3,5,7-8H,1,4,6H2. The molecule has 0 N–H and O–H groups in total. The van der Waals surface area contributed by atoms with Gasteiger partial charge >= 0.3 is 5.97 Å². The van der Waals surface area contributed by atoms with Crippen molar-refractivity contribution in [2.24, 2.45) is 0 Å². The zero-order chi connectivity index (χ0) is 13.5. The second kappa shape index (κ2) is 6.64. The van der Waals surface area contributed by atoms with Gasteiger partial charge in [-0.25, -0.2) is 18.0 Å². The fourth-order valence-corrected chi connectivity index (χ4v) is 1.19. The van der Waals surface area contributed by atoms with Gasteiger partial charge in [-0.05, 0) is 18.1 Å². The summed E-state index contributed by atoms with van der Waals surface area (Å²) in [6, 6.07) is 1.22. The van der Waals surface area contributed by atoms with Crippen LogP contribution >= 0.6 is 0 Å². The summed E-state index contributed by atoms with van der Waals surface area (Å²) < 4.78 is 43.3. The first-order valence-corrected chi connectivity index (χ1v) is 5.12. The van der Waals surface area contributed by atoms with E-state index in [4.69, 9.17) is 0 Å². The van der Waals surface area contributed by atoms with Crippen molar-refractivity contribution in [3.8, 4) is 0 Å². The van der Waals surface area contributed by atoms with Crippen LogP contribution in [-0.4, -0.2) is 12.6 Å². The Morgan fingerprint density at radius 2 is 1.89 bits per heavy atom. The first-order valence-electron chi connectivity index (χ1n) is 5.12. The first kappa shape index (κ1) is 14.0. The molecule has 0 aromatic heterocycles. The molecule has 0 aliphatic rings. The molecule has 5 heteroatoms. The van der Waals surface area contributed by atoms with E-state index in [1.54, 1.807) is 0 Å². The van der Waals surface area contributed by atoms with Crippen molar-refractivity contribution in [3.63, 3.8) is 0 Å². The van der Waals surface area contributed by atoms with Gasteiger partial charge in [0.25, 0.3) is 0 Å². The predicted molar refractivity (Wildman–Crippen MR) is 60.3 cm³/mol. The van der Waals surface area contributed by atoms with Crippen LogP contribution in [0.4, 0.5) is 13.2 Å². The molecule has 1 aromatic carbocycles. The molecule has 0 bridgehead atoms. The summed E-state index contributed by atoms with van der Waals surface area (Å²) in [5, 5.41) is 0. The monoisotopic (exact) mass is 256 g/mol. The molecule has 2 nitrogen and oxygen atoms in total. The quantitative estimate of drug-likeness (QED) is 0.350. The van der Waals surface area contributed by atoms with E-state index in [2.05, 4.69) is 11.3 Å². The van der Waals surface area contributed by atoms with Gasteiger partial charge in [0.1, 0.15) is 12.4 Å². The van der Waals surface area contributed by atoms with Gasteiger partial charge in [-0.3, -0.25) is 0 Å². The summed E-state index contributed by atoms with van der Waals surface area (Å²) in [4.78, 5) is 11.0. The normalized spacial score (nSPS) is 10.6. The molecule has 18 heavy (non-hydrogen) atoms. The number of benzene rings is 1. The minimum Gasteiger partial charge on any atom is -0.458 e. The fraction of sp³-hybridized carbons (Fsp3) is 0.154. The molecule has 0 fully saturated rings. The lowest BCUT2D eigenvalue weighted by Crippen LogP contribution is -2.00. The van der Waals surface area contributed by atoms with E-state index >= 15 is 0 Å². The van der Waals surface area contributed by atoms with Crippen LogP contribution in [0.15, 0.2) is 36.9 Å². The number of hydrogen-bond acceptors (Lipinski definition) is 2. The zero-order valence-corrected chi connectivity index (χ0v) is 9.46. The third-order valence-electron chi connectivity index (χ3n) is 2.02. The van der Waals surface area contributed by atoms with Crippen molar-refractivity contribution in [2.45, 2.75) is 6.42 Å². The highest BCUT2D eigenvalue weighted by atomic mass is 19.2. The van der Waals surface area contributed by atoms with Crippen molar-refractivity contribution < 1.29 is 22.7 Å². The average molecular weight is 256 g/mol. The van der Waals surface area contributed by atoms with E-state index in [0.717, 1.165) is 12.1 Å². The number of esters is 1. The predicted octanol–water partition coefficient (Wildman–Crippen LogP) is 2.93. The van der Waals surface area contributed by atoms with E-state index in [1.165, 1.54) is 12.2 Å².